The van der Waals surface area contributed by atoms with Gasteiger partial charge in [0.2, 0.25) is 5.75 Å². The molecule has 2 aromatic carbocycles. The highest BCUT2D eigenvalue weighted by Crippen LogP contribution is 2.37. The molecule has 0 aliphatic carbocycles. The summed E-state index contributed by atoms with van der Waals surface area (Å²) in [6.45, 7) is 0. The van der Waals surface area contributed by atoms with Crippen molar-refractivity contribution in [2.45, 2.75) is 0 Å². The summed E-state index contributed by atoms with van der Waals surface area (Å²) >= 11 is 1.08. The smallest absolute Gasteiger partial charge is 0.339 e. The Morgan fingerprint density at radius 3 is 2.52 bits per heavy atom. The second-order valence-corrected chi connectivity index (χ2v) is 5.75. The van der Waals surface area contributed by atoms with E-state index in [4.69, 9.17) is 14.2 Å². The summed E-state index contributed by atoms with van der Waals surface area (Å²) < 4.78 is 24.1. The van der Waals surface area contributed by atoms with Crippen LogP contribution in [0.25, 0.3) is 11.0 Å². The van der Waals surface area contributed by atoms with Gasteiger partial charge in [-0.2, -0.15) is 13.8 Å². The van der Waals surface area contributed by atoms with Crippen LogP contribution in [-0.4, -0.2) is 42.3 Å². The minimum absolute atomic E-state index is 0.479. The zero-order chi connectivity index (χ0) is 19.2. The number of hydrogen-bond donors (Lipinski definition) is 2. The quantitative estimate of drug-likeness (QED) is 0.497. The first kappa shape index (κ1) is 18.4. The van der Waals surface area contributed by atoms with Gasteiger partial charge in [0.05, 0.1) is 45.0 Å². The van der Waals surface area contributed by atoms with Crippen LogP contribution in [-0.2, 0) is 0 Å². The van der Waals surface area contributed by atoms with E-state index >= 15 is 0 Å². The van der Waals surface area contributed by atoms with Crippen molar-refractivity contribution < 1.29 is 19.0 Å². The molecule has 0 unspecified atom stereocenters. The molecule has 140 valence electrons. The fourth-order valence-corrected chi connectivity index (χ4v) is 2.95. The van der Waals surface area contributed by atoms with Gasteiger partial charge < -0.3 is 19.5 Å². The molecule has 0 aliphatic rings. The molecule has 0 saturated heterocycles. The predicted octanol–water partition coefficient (Wildman–Crippen LogP) is 2.87. The number of urea groups is 1. The number of nitrogens with one attached hydrogen (secondary N) is 2. The number of fused-ring (bicyclic) bond motifs is 1. The number of benzene rings is 2. The van der Waals surface area contributed by atoms with Crippen LogP contribution < -0.4 is 25.0 Å². The molecule has 0 atom stereocenters. The van der Waals surface area contributed by atoms with Crippen LogP contribution in [0.4, 0.5) is 10.5 Å². The molecule has 2 amide bonds. The van der Waals surface area contributed by atoms with Gasteiger partial charge in [-0.3, -0.25) is 0 Å². The van der Waals surface area contributed by atoms with E-state index in [0.29, 0.717) is 34.0 Å². The van der Waals surface area contributed by atoms with Crippen LogP contribution in [0, 0.1) is 0 Å². The average molecular weight is 387 g/mol. The largest absolute Gasteiger partial charge is 0.493 e. The minimum Gasteiger partial charge on any atom is -0.493 e. The predicted molar refractivity (Wildman–Crippen MR) is 103 cm³/mol. The van der Waals surface area contributed by atoms with E-state index in [-0.39, 0.29) is 0 Å². The fraction of sp³-hybridized carbons (Fsp3) is 0.176. The van der Waals surface area contributed by atoms with Crippen LogP contribution >= 0.6 is 11.7 Å². The number of nitrogens with zero attached hydrogens (tertiary/aromatic N) is 3. The number of ether oxygens (including phenoxy) is 3. The summed E-state index contributed by atoms with van der Waals surface area (Å²) in [6.07, 6.45) is 1.47. The van der Waals surface area contributed by atoms with E-state index in [1.807, 2.05) is 6.07 Å². The Hall–Kier alpha value is -3.40. The lowest BCUT2D eigenvalue weighted by Gasteiger charge is -2.12. The Morgan fingerprint density at radius 2 is 1.85 bits per heavy atom. The lowest BCUT2D eigenvalue weighted by molar-refractivity contribution is 0.252. The third-order valence-corrected chi connectivity index (χ3v) is 4.14. The molecule has 1 heterocycles. The van der Waals surface area contributed by atoms with Gasteiger partial charge in [-0.25, -0.2) is 10.2 Å². The van der Waals surface area contributed by atoms with Gasteiger partial charge in [0, 0.05) is 5.56 Å². The summed E-state index contributed by atoms with van der Waals surface area (Å²) in [5.41, 5.74) is 4.97. The number of hydrazone groups is 1. The van der Waals surface area contributed by atoms with Crippen LogP contribution in [0.3, 0.4) is 0 Å². The first-order valence-electron chi connectivity index (χ1n) is 7.77. The number of carbonyl (C=O) groups excluding carboxylic acids is 1. The van der Waals surface area contributed by atoms with Crippen LogP contribution in [0.2, 0.25) is 0 Å². The first-order valence-corrected chi connectivity index (χ1v) is 8.50. The van der Waals surface area contributed by atoms with Gasteiger partial charge >= 0.3 is 6.03 Å². The van der Waals surface area contributed by atoms with E-state index in [1.165, 1.54) is 27.5 Å². The monoisotopic (exact) mass is 387 g/mol. The van der Waals surface area contributed by atoms with E-state index in [9.17, 15) is 4.79 Å². The zero-order valence-corrected chi connectivity index (χ0v) is 15.7. The number of amides is 2. The number of rotatable bonds is 6. The summed E-state index contributed by atoms with van der Waals surface area (Å²) in [7, 11) is 4.58. The molecule has 3 rings (SSSR count). The number of hydrogen-bond acceptors (Lipinski definition) is 8. The number of aromatic nitrogens is 2. The summed E-state index contributed by atoms with van der Waals surface area (Å²) in [4.78, 5) is 12.1. The Balaban J connectivity index is 1.70. The number of carbonyl (C=O) groups is 1. The Morgan fingerprint density at radius 1 is 1.11 bits per heavy atom. The van der Waals surface area contributed by atoms with Crippen molar-refractivity contribution in [3.8, 4) is 17.2 Å². The van der Waals surface area contributed by atoms with Crippen LogP contribution in [0.15, 0.2) is 35.4 Å². The molecule has 0 radical (unpaired) electrons. The Bertz CT molecular complexity index is 963. The minimum atomic E-state index is -0.501. The van der Waals surface area contributed by atoms with E-state index in [2.05, 4.69) is 24.6 Å². The Labute approximate surface area is 159 Å². The summed E-state index contributed by atoms with van der Waals surface area (Å²) in [6, 6.07) is 8.28. The summed E-state index contributed by atoms with van der Waals surface area (Å²) in [5, 5.41) is 6.63. The Kier molecular flexibility index (Phi) is 5.67. The lowest BCUT2D eigenvalue weighted by Crippen LogP contribution is -2.24. The second-order valence-electron chi connectivity index (χ2n) is 5.22. The maximum atomic E-state index is 12.1. The normalized spacial score (nSPS) is 10.8. The molecule has 2 N–H and O–H groups in total. The highest BCUT2D eigenvalue weighted by atomic mass is 32.1. The molecule has 0 saturated carbocycles. The topological polar surface area (TPSA) is 107 Å². The van der Waals surface area contributed by atoms with Crippen molar-refractivity contribution in [2.75, 3.05) is 26.6 Å². The maximum Gasteiger partial charge on any atom is 0.339 e. The van der Waals surface area contributed by atoms with Crippen molar-refractivity contribution >= 4 is 40.7 Å². The average Bonchev–Trinajstić information content (AvgIpc) is 3.17. The van der Waals surface area contributed by atoms with Crippen LogP contribution in [0.5, 0.6) is 17.2 Å². The SMILES string of the molecule is COc1cc(/C=N\NC(=O)Nc2cccc3nsnc23)cc(OC)c1OC. The molecule has 1 aromatic heterocycles. The summed E-state index contributed by atoms with van der Waals surface area (Å²) in [5.74, 6) is 1.46. The second kappa shape index (κ2) is 8.32. The van der Waals surface area contributed by atoms with Crippen LogP contribution in [0.1, 0.15) is 5.56 Å². The third-order valence-electron chi connectivity index (χ3n) is 3.60. The van der Waals surface area contributed by atoms with Gasteiger partial charge in [-0.05, 0) is 24.3 Å². The highest BCUT2D eigenvalue weighted by molar-refractivity contribution is 7.00. The fourth-order valence-electron chi connectivity index (χ4n) is 2.40. The molecular formula is C17H17N5O4S. The van der Waals surface area contributed by atoms with E-state index in [0.717, 1.165) is 17.2 Å². The highest BCUT2D eigenvalue weighted by Gasteiger charge is 2.12. The molecule has 0 spiro atoms. The van der Waals surface area contributed by atoms with Gasteiger partial charge in [-0.15, -0.1) is 0 Å². The van der Waals surface area contributed by atoms with Gasteiger partial charge in [0.1, 0.15) is 11.0 Å². The van der Waals surface area contributed by atoms with E-state index in [1.54, 1.807) is 24.3 Å². The van der Waals surface area contributed by atoms with Gasteiger partial charge in [-0.1, -0.05) is 6.07 Å². The third kappa shape index (κ3) is 4.06. The molecular weight excluding hydrogens is 370 g/mol. The van der Waals surface area contributed by atoms with Gasteiger partial charge in [0.25, 0.3) is 0 Å². The van der Waals surface area contributed by atoms with Crippen molar-refractivity contribution in [1.29, 1.82) is 0 Å². The molecule has 0 bridgehead atoms. The standard InChI is InChI=1S/C17H17N5O4S/c1-24-13-7-10(8-14(25-2)16(13)26-3)9-18-20-17(23)19-11-5-4-6-12-15(11)22-27-21-12/h4-9H,1-3H3,(H2,19,20,23)/b18-9-. The molecule has 9 nitrogen and oxygen atoms in total. The lowest BCUT2D eigenvalue weighted by atomic mass is 10.2. The molecule has 0 fully saturated rings. The molecule has 10 heteroatoms. The van der Waals surface area contributed by atoms with Crippen molar-refractivity contribution in [3.63, 3.8) is 0 Å². The maximum absolute atomic E-state index is 12.1. The molecule has 27 heavy (non-hydrogen) atoms. The van der Waals surface area contributed by atoms with Crippen molar-refractivity contribution in [2.24, 2.45) is 5.10 Å². The zero-order valence-electron chi connectivity index (χ0n) is 14.8. The van der Waals surface area contributed by atoms with Crippen molar-refractivity contribution in [3.05, 3.63) is 35.9 Å². The number of anilines is 1. The molecule has 3 aromatic rings. The first-order chi connectivity index (χ1) is 13.2. The number of methoxy groups -OCH3 is 3. The van der Waals surface area contributed by atoms with Crippen molar-refractivity contribution in [1.82, 2.24) is 14.2 Å². The van der Waals surface area contributed by atoms with E-state index < -0.39 is 6.03 Å². The van der Waals surface area contributed by atoms with Gasteiger partial charge in [0.15, 0.2) is 11.5 Å². The molecule has 0 aliphatic heterocycles.